The van der Waals surface area contributed by atoms with Gasteiger partial charge in [-0.2, -0.15) is 5.26 Å². The lowest BCUT2D eigenvalue weighted by Crippen LogP contribution is -2.12. The van der Waals surface area contributed by atoms with Crippen LogP contribution >= 0.6 is 0 Å². The normalized spacial score (nSPS) is 10.2. The molecule has 0 aliphatic carbocycles. The molecule has 0 saturated carbocycles. The van der Waals surface area contributed by atoms with Crippen LogP contribution < -0.4 is 10.1 Å². The van der Waals surface area contributed by atoms with Crippen molar-refractivity contribution in [1.82, 2.24) is 14.9 Å². The lowest BCUT2D eigenvalue weighted by atomic mass is 10.1. The Hall–Kier alpha value is -2.32. The topological polar surface area (TPSA) is 62.9 Å². The Balaban J connectivity index is 2.24. The zero-order valence-electron chi connectivity index (χ0n) is 11.1. The molecule has 0 aliphatic rings. The molecule has 1 aromatic heterocycles. The van der Waals surface area contributed by atoms with Gasteiger partial charge in [-0.3, -0.25) is 0 Å². The molecule has 0 saturated heterocycles. The molecule has 1 N–H and O–H groups in total. The number of benzene rings is 1. The third-order valence-corrected chi connectivity index (χ3v) is 2.88. The van der Waals surface area contributed by atoms with Gasteiger partial charge in [-0.05, 0) is 24.7 Å². The molecule has 5 nitrogen and oxygen atoms in total. The number of hydrogen-bond acceptors (Lipinski definition) is 4. The van der Waals surface area contributed by atoms with Crippen molar-refractivity contribution in [2.75, 3.05) is 14.2 Å². The van der Waals surface area contributed by atoms with Crippen LogP contribution in [0.4, 0.5) is 0 Å². The number of ether oxygens (including phenoxy) is 1. The number of hydrogen-bond donors (Lipinski definition) is 1. The van der Waals surface area contributed by atoms with E-state index in [-0.39, 0.29) is 0 Å². The van der Waals surface area contributed by atoms with E-state index in [4.69, 9.17) is 10.00 Å². The smallest absolute Gasteiger partial charge is 0.136 e. The van der Waals surface area contributed by atoms with Gasteiger partial charge in [-0.15, -0.1) is 0 Å². The molecule has 0 amide bonds. The average molecular weight is 256 g/mol. The molecule has 0 radical (unpaired) electrons. The summed E-state index contributed by atoms with van der Waals surface area (Å²) in [6.45, 7) is 1.43. The lowest BCUT2D eigenvalue weighted by Gasteiger charge is -2.09. The Morgan fingerprint density at radius 1 is 1.47 bits per heavy atom. The van der Waals surface area contributed by atoms with E-state index >= 15 is 0 Å². The van der Waals surface area contributed by atoms with Gasteiger partial charge in [-0.1, -0.05) is 6.07 Å². The molecule has 2 aromatic rings. The molecule has 0 fully saturated rings. The second-order valence-corrected chi connectivity index (χ2v) is 4.15. The molecular formula is C14H16N4O. The van der Waals surface area contributed by atoms with Crippen molar-refractivity contribution in [2.24, 2.45) is 0 Å². The largest absolute Gasteiger partial charge is 0.495 e. The molecule has 5 heteroatoms. The van der Waals surface area contributed by atoms with Crippen molar-refractivity contribution in [2.45, 2.75) is 13.1 Å². The minimum absolute atomic E-state index is 0.548. The molecule has 0 spiro atoms. The molecule has 0 aliphatic heterocycles. The van der Waals surface area contributed by atoms with Crippen LogP contribution in [-0.2, 0) is 13.1 Å². The van der Waals surface area contributed by atoms with Crippen LogP contribution in [0, 0.1) is 11.3 Å². The number of nitrogens with one attached hydrogen (secondary N) is 1. The van der Waals surface area contributed by atoms with E-state index in [2.05, 4.69) is 20.9 Å². The van der Waals surface area contributed by atoms with Gasteiger partial charge in [0.15, 0.2) is 0 Å². The Labute approximate surface area is 112 Å². The second-order valence-electron chi connectivity index (χ2n) is 4.15. The summed E-state index contributed by atoms with van der Waals surface area (Å²) in [5, 5.41) is 12.0. The fourth-order valence-electron chi connectivity index (χ4n) is 1.93. The van der Waals surface area contributed by atoms with E-state index in [1.165, 1.54) is 0 Å². The Bertz CT molecular complexity index is 598. The Kier molecular flexibility index (Phi) is 4.16. The van der Waals surface area contributed by atoms with Crippen molar-refractivity contribution in [3.63, 3.8) is 0 Å². The molecule has 98 valence electrons. The van der Waals surface area contributed by atoms with E-state index in [0.29, 0.717) is 17.9 Å². The van der Waals surface area contributed by atoms with Crippen LogP contribution in [-0.4, -0.2) is 23.7 Å². The highest BCUT2D eigenvalue weighted by Gasteiger charge is 2.06. The van der Waals surface area contributed by atoms with Gasteiger partial charge >= 0.3 is 0 Å². The molecule has 0 unspecified atom stereocenters. The van der Waals surface area contributed by atoms with E-state index in [9.17, 15) is 0 Å². The standard InChI is InChI=1S/C14H16N4O/c1-16-9-14-17-5-6-18(14)10-11-3-4-12(8-15)13(7-11)19-2/h3-7,16H,9-10H2,1-2H3. The zero-order chi connectivity index (χ0) is 13.7. The van der Waals surface area contributed by atoms with Crippen molar-refractivity contribution in [3.05, 3.63) is 47.5 Å². The van der Waals surface area contributed by atoms with E-state index in [1.807, 2.05) is 25.4 Å². The van der Waals surface area contributed by atoms with Gasteiger partial charge in [-0.25, -0.2) is 4.98 Å². The first-order chi connectivity index (χ1) is 9.28. The summed E-state index contributed by atoms with van der Waals surface area (Å²) < 4.78 is 7.28. The first-order valence-electron chi connectivity index (χ1n) is 6.00. The van der Waals surface area contributed by atoms with Crippen LogP contribution in [0.1, 0.15) is 17.0 Å². The van der Waals surface area contributed by atoms with Gasteiger partial charge in [0, 0.05) is 18.9 Å². The van der Waals surface area contributed by atoms with E-state index in [1.54, 1.807) is 19.4 Å². The highest BCUT2D eigenvalue weighted by Crippen LogP contribution is 2.20. The third-order valence-electron chi connectivity index (χ3n) is 2.88. The molecule has 1 heterocycles. The number of nitriles is 1. The first kappa shape index (κ1) is 13.1. The minimum Gasteiger partial charge on any atom is -0.495 e. The van der Waals surface area contributed by atoms with Crippen LogP contribution in [0.25, 0.3) is 0 Å². The number of methoxy groups -OCH3 is 1. The van der Waals surface area contributed by atoms with E-state index < -0.39 is 0 Å². The lowest BCUT2D eigenvalue weighted by molar-refractivity contribution is 0.412. The average Bonchev–Trinajstić information content (AvgIpc) is 2.86. The van der Waals surface area contributed by atoms with Crippen LogP contribution in [0.3, 0.4) is 0 Å². The summed E-state index contributed by atoms with van der Waals surface area (Å²) in [6, 6.07) is 7.72. The summed E-state index contributed by atoms with van der Waals surface area (Å²) >= 11 is 0. The Morgan fingerprint density at radius 3 is 3.00 bits per heavy atom. The highest BCUT2D eigenvalue weighted by atomic mass is 16.5. The highest BCUT2D eigenvalue weighted by molar-refractivity contribution is 5.45. The van der Waals surface area contributed by atoms with Gasteiger partial charge in [0.2, 0.25) is 0 Å². The zero-order valence-corrected chi connectivity index (χ0v) is 11.1. The fraction of sp³-hybridized carbons (Fsp3) is 0.286. The first-order valence-corrected chi connectivity index (χ1v) is 6.00. The van der Waals surface area contributed by atoms with Gasteiger partial charge in [0.1, 0.15) is 17.6 Å². The second kappa shape index (κ2) is 6.03. The van der Waals surface area contributed by atoms with Crippen molar-refractivity contribution < 1.29 is 4.74 Å². The van der Waals surface area contributed by atoms with Gasteiger partial charge in [0.25, 0.3) is 0 Å². The molecule has 19 heavy (non-hydrogen) atoms. The predicted molar refractivity (Wildman–Crippen MR) is 71.8 cm³/mol. The van der Waals surface area contributed by atoms with Gasteiger partial charge < -0.3 is 14.6 Å². The van der Waals surface area contributed by atoms with E-state index in [0.717, 1.165) is 17.9 Å². The maximum atomic E-state index is 8.96. The number of rotatable bonds is 5. The molecular weight excluding hydrogens is 240 g/mol. The molecule has 0 atom stereocenters. The summed E-state index contributed by atoms with van der Waals surface area (Å²) in [6.07, 6.45) is 3.73. The number of nitrogens with zero attached hydrogens (tertiary/aromatic N) is 3. The summed E-state index contributed by atoms with van der Waals surface area (Å²) in [5.41, 5.74) is 1.62. The summed E-state index contributed by atoms with van der Waals surface area (Å²) in [4.78, 5) is 4.30. The molecule has 0 bridgehead atoms. The number of imidazole rings is 1. The van der Waals surface area contributed by atoms with Crippen molar-refractivity contribution >= 4 is 0 Å². The minimum atomic E-state index is 0.548. The quantitative estimate of drug-likeness (QED) is 0.881. The third kappa shape index (κ3) is 2.92. The maximum absolute atomic E-state index is 8.96. The van der Waals surface area contributed by atoms with Crippen molar-refractivity contribution in [3.8, 4) is 11.8 Å². The molecule has 2 rings (SSSR count). The Morgan fingerprint density at radius 2 is 2.32 bits per heavy atom. The predicted octanol–water partition coefficient (Wildman–Crippen LogP) is 1.53. The van der Waals surface area contributed by atoms with Gasteiger partial charge in [0.05, 0.1) is 19.2 Å². The summed E-state index contributed by atoms with van der Waals surface area (Å²) in [7, 11) is 3.47. The maximum Gasteiger partial charge on any atom is 0.136 e. The van der Waals surface area contributed by atoms with Crippen LogP contribution in [0.5, 0.6) is 5.75 Å². The number of aromatic nitrogens is 2. The van der Waals surface area contributed by atoms with Crippen molar-refractivity contribution in [1.29, 1.82) is 5.26 Å². The monoisotopic (exact) mass is 256 g/mol. The molecule has 1 aromatic carbocycles. The SMILES string of the molecule is CNCc1nccn1Cc1ccc(C#N)c(OC)c1. The van der Waals surface area contributed by atoms with Crippen LogP contribution in [0.15, 0.2) is 30.6 Å². The van der Waals surface area contributed by atoms with Crippen LogP contribution in [0.2, 0.25) is 0 Å². The summed E-state index contributed by atoms with van der Waals surface area (Å²) in [5.74, 6) is 1.58. The fourth-order valence-corrected chi connectivity index (χ4v) is 1.93.